The molecule has 0 spiro atoms. The molecular formula is C48H52FN3O11. The summed E-state index contributed by atoms with van der Waals surface area (Å²) < 4.78 is 26.3. The lowest BCUT2D eigenvalue weighted by Gasteiger charge is -2.48. The molecule has 332 valence electrons. The lowest BCUT2D eigenvalue weighted by atomic mass is 9.78. The topological polar surface area (TPSA) is 218 Å². The Labute approximate surface area is 364 Å². The van der Waals surface area contributed by atoms with Crippen LogP contribution in [0.3, 0.4) is 0 Å². The first-order chi connectivity index (χ1) is 30.4. The largest absolute Gasteiger partial charge is 0.489 e. The van der Waals surface area contributed by atoms with Gasteiger partial charge >= 0.3 is 0 Å². The molecule has 63 heavy (non-hydrogen) atoms. The van der Waals surface area contributed by atoms with Gasteiger partial charge in [-0.15, -0.1) is 0 Å². The summed E-state index contributed by atoms with van der Waals surface area (Å²) in [5.74, 6) is -1.46. The number of amides is 3. The molecule has 1 aliphatic rings. The minimum absolute atomic E-state index is 0.0438. The van der Waals surface area contributed by atoms with Crippen LogP contribution in [0.2, 0.25) is 0 Å². The van der Waals surface area contributed by atoms with E-state index in [1.807, 2.05) is 78.9 Å². The van der Waals surface area contributed by atoms with Gasteiger partial charge in [0.05, 0.1) is 30.8 Å². The number of aliphatic hydroxyl groups excluding tert-OH is 6. The van der Waals surface area contributed by atoms with Crippen molar-refractivity contribution in [1.29, 1.82) is 0 Å². The molecule has 5 aromatic rings. The summed E-state index contributed by atoms with van der Waals surface area (Å²) >= 11 is 0. The summed E-state index contributed by atoms with van der Waals surface area (Å²) in [7, 11) is 0. The zero-order valence-corrected chi connectivity index (χ0v) is 34.4. The van der Waals surface area contributed by atoms with Gasteiger partial charge in [-0.25, -0.2) is 4.39 Å². The number of carbonyl (C=O) groups excluding carboxylic acids is 3. The average Bonchev–Trinajstić information content (AvgIpc) is 3.31. The first-order valence-corrected chi connectivity index (χ1v) is 20.6. The molecule has 5 aromatic carbocycles. The van der Waals surface area contributed by atoms with Gasteiger partial charge in [0.25, 0.3) is 0 Å². The Kier molecular flexibility index (Phi) is 16.3. The predicted octanol–water partition coefficient (Wildman–Crippen LogP) is 3.76. The smallest absolute Gasteiger partial charge is 0.233 e. The molecule has 0 radical (unpaired) electrons. The summed E-state index contributed by atoms with van der Waals surface area (Å²) in [5.41, 5.74) is 4.44. The Balaban J connectivity index is 1.16. The summed E-state index contributed by atoms with van der Waals surface area (Å²) in [6, 6.07) is 37.0. The van der Waals surface area contributed by atoms with Crippen molar-refractivity contribution in [2.75, 3.05) is 18.1 Å². The monoisotopic (exact) mass is 865 g/mol. The second-order valence-electron chi connectivity index (χ2n) is 15.4. The number of aliphatic hydroxyl groups is 6. The van der Waals surface area contributed by atoms with Crippen LogP contribution in [-0.2, 0) is 34.1 Å². The van der Waals surface area contributed by atoms with E-state index in [0.717, 1.165) is 16.7 Å². The highest BCUT2D eigenvalue weighted by molar-refractivity contribution is 6.03. The first kappa shape index (κ1) is 46.3. The van der Waals surface area contributed by atoms with E-state index in [4.69, 9.17) is 14.6 Å². The van der Waals surface area contributed by atoms with Crippen molar-refractivity contribution in [3.8, 4) is 11.5 Å². The molecule has 8 N–H and O–H groups in total. The van der Waals surface area contributed by atoms with Crippen molar-refractivity contribution < 1.29 is 58.9 Å². The van der Waals surface area contributed by atoms with Crippen LogP contribution in [0.5, 0.6) is 11.5 Å². The highest BCUT2D eigenvalue weighted by Gasteiger charge is 2.49. The summed E-state index contributed by atoms with van der Waals surface area (Å²) in [4.78, 5) is 40.7. The van der Waals surface area contributed by atoms with Crippen molar-refractivity contribution in [3.05, 3.63) is 161 Å². The third kappa shape index (κ3) is 12.5. The Morgan fingerprint density at radius 3 is 1.94 bits per heavy atom. The number of nitrogens with one attached hydrogen (secondary N) is 2. The Morgan fingerprint density at radius 2 is 1.30 bits per heavy atom. The zero-order chi connectivity index (χ0) is 44.9. The van der Waals surface area contributed by atoms with E-state index < -0.39 is 79.7 Å². The van der Waals surface area contributed by atoms with E-state index >= 15 is 0 Å². The summed E-state index contributed by atoms with van der Waals surface area (Å²) in [6.45, 7) is -0.753. The Morgan fingerprint density at radius 1 is 0.698 bits per heavy atom. The van der Waals surface area contributed by atoms with Gasteiger partial charge in [-0.3, -0.25) is 14.4 Å². The van der Waals surface area contributed by atoms with Crippen molar-refractivity contribution >= 4 is 23.4 Å². The van der Waals surface area contributed by atoms with E-state index in [-0.39, 0.29) is 25.5 Å². The van der Waals surface area contributed by atoms with Gasteiger partial charge in [0.15, 0.2) is 0 Å². The van der Waals surface area contributed by atoms with Crippen LogP contribution in [0.4, 0.5) is 10.1 Å². The van der Waals surface area contributed by atoms with Gasteiger partial charge < -0.3 is 55.6 Å². The number of nitrogens with zero attached hydrogens (tertiary/aromatic N) is 1. The fraction of sp³-hybridized carbons (Fsp3) is 0.312. The van der Waals surface area contributed by atoms with Crippen molar-refractivity contribution in [2.24, 2.45) is 5.92 Å². The predicted molar refractivity (Wildman–Crippen MR) is 229 cm³/mol. The number of halogens is 1. The number of β-lactam (4-membered cyclic amide) rings is 1. The fourth-order valence-corrected chi connectivity index (χ4v) is 7.26. The highest BCUT2D eigenvalue weighted by atomic mass is 19.1. The molecule has 0 aliphatic carbocycles. The number of benzene rings is 5. The molecule has 14 nitrogen and oxygen atoms in total. The highest BCUT2D eigenvalue weighted by Crippen LogP contribution is 2.49. The number of anilines is 1. The number of rotatable bonds is 22. The standard InChI is InChI=1S/C48H52FN3O11/c49-34-15-13-33(14-16-34)39(54)22-21-38-45(37-20-19-36(62-28-31-7-3-1-4-8-31)23-42(37)63-29-32-9-5-2-6-10-32)52(48(38)61)35-17-11-30(12-18-35)25-50-43(57)24-44(58)51-26-40(55)46(59)47(60)41(56)27-53/h1-20,23,38-41,45-47,53-56,59-60H,21-22,24-29H2,(H,50,57)(H,51,58)/t38-,39+,40+,41-,45-,46-,47-/m1/s1. The van der Waals surface area contributed by atoms with Crippen LogP contribution in [0.25, 0.3) is 0 Å². The first-order valence-electron chi connectivity index (χ1n) is 20.6. The van der Waals surface area contributed by atoms with Crippen LogP contribution in [0.1, 0.15) is 59.2 Å². The third-order valence-electron chi connectivity index (χ3n) is 10.9. The van der Waals surface area contributed by atoms with E-state index in [2.05, 4.69) is 10.6 Å². The maximum Gasteiger partial charge on any atom is 0.233 e. The van der Waals surface area contributed by atoms with Crippen molar-refractivity contribution in [3.63, 3.8) is 0 Å². The number of hydrogen-bond acceptors (Lipinski definition) is 11. The zero-order valence-electron chi connectivity index (χ0n) is 34.4. The van der Waals surface area contributed by atoms with Gasteiger partial charge in [0.2, 0.25) is 17.7 Å². The SMILES string of the molecule is O=C(CC(=O)NC[C@H](O)[C@@H](O)[C@H](O)[C@H](O)CO)NCc1ccc(N2C(=O)[C@H](CC[C@H](O)c3ccc(F)cc3)[C@H]2c2ccc(OCc3ccccc3)cc2OCc2ccccc2)cc1. The molecule has 0 aromatic heterocycles. The molecule has 0 bridgehead atoms. The van der Waals surface area contributed by atoms with Gasteiger partial charge in [0, 0.05) is 30.4 Å². The van der Waals surface area contributed by atoms with Crippen LogP contribution in [0.15, 0.2) is 127 Å². The van der Waals surface area contributed by atoms with E-state index in [1.165, 1.54) is 24.3 Å². The molecule has 6 rings (SSSR count). The van der Waals surface area contributed by atoms with Crippen molar-refractivity contribution in [2.45, 2.75) is 75.6 Å². The lowest BCUT2D eigenvalue weighted by Crippen LogP contribution is -2.55. The van der Waals surface area contributed by atoms with Gasteiger partial charge in [-0.05, 0) is 71.5 Å². The quantitative estimate of drug-likeness (QED) is 0.0370. The van der Waals surface area contributed by atoms with Crippen molar-refractivity contribution in [1.82, 2.24) is 10.6 Å². The Hall–Kier alpha value is -6.20. The van der Waals surface area contributed by atoms with E-state index in [1.54, 1.807) is 29.2 Å². The summed E-state index contributed by atoms with van der Waals surface area (Å²) in [6.07, 6.45) is -8.08. The molecule has 7 atom stereocenters. The minimum atomic E-state index is -1.86. The normalized spacial score (nSPS) is 17.1. The molecule has 0 saturated carbocycles. The van der Waals surface area contributed by atoms with Crippen LogP contribution in [0, 0.1) is 11.7 Å². The maximum absolute atomic E-state index is 14.1. The molecule has 3 amide bonds. The summed E-state index contributed by atoms with van der Waals surface area (Å²) in [5, 5.41) is 64.1. The van der Waals surface area contributed by atoms with E-state index in [0.29, 0.717) is 41.3 Å². The maximum atomic E-state index is 14.1. The molecular weight excluding hydrogens is 814 g/mol. The number of carbonyl (C=O) groups is 3. The molecule has 1 saturated heterocycles. The third-order valence-corrected chi connectivity index (χ3v) is 10.9. The Bertz CT molecular complexity index is 2250. The molecule has 0 unspecified atom stereocenters. The number of ether oxygens (including phenoxy) is 2. The lowest BCUT2D eigenvalue weighted by molar-refractivity contribution is -0.132. The van der Waals surface area contributed by atoms with Crippen LogP contribution in [-0.4, -0.2) is 85.9 Å². The second-order valence-corrected chi connectivity index (χ2v) is 15.4. The molecule has 15 heteroatoms. The fourth-order valence-electron chi connectivity index (χ4n) is 7.26. The molecule has 1 fully saturated rings. The van der Waals surface area contributed by atoms with Gasteiger partial charge in [-0.1, -0.05) is 84.9 Å². The van der Waals surface area contributed by atoms with Crippen LogP contribution >= 0.6 is 0 Å². The molecule has 1 heterocycles. The second kappa shape index (κ2) is 22.2. The minimum Gasteiger partial charge on any atom is -0.489 e. The van der Waals surface area contributed by atoms with E-state index in [9.17, 15) is 44.3 Å². The number of hydrogen-bond donors (Lipinski definition) is 8. The van der Waals surface area contributed by atoms with Gasteiger partial charge in [0.1, 0.15) is 55.3 Å². The average molecular weight is 866 g/mol. The molecule has 1 aliphatic heterocycles. The van der Waals surface area contributed by atoms with Gasteiger partial charge in [-0.2, -0.15) is 0 Å². The van der Waals surface area contributed by atoms with Crippen LogP contribution < -0.4 is 25.0 Å².